The summed E-state index contributed by atoms with van der Waals surface area (Å²) in [6, 6.07) is 0. The molecule has 1 amide bonds. The number of aromatic nitrogens is 2. The Bertz CT molecular complexity index is 524. The Balaban J connectivity index is 2.10. The van der Waals surface area contributed by atoms with Gasteiger partial charge in [0, 0.05) is 13.1 Å². The summed E-state index contributed by atoms with van der Waals surface area (Å²) in [7, 11) is 1.48. The lowest BCUT2D eigenvalue weighted by Crippen LogP contribution is -2.37. The van der Waals surface area contributed by atoms with Crippen molar-refractivity contribution in [3.05, 3.63) is 6.20 Å². The molecule has 1 aliphatic rings. The molecule has 8 nitrogen and oxygen atoms in total. The lowest BCUT2D eigenvalue weighted by molar-refractivity contribution is 0.0634. The van der Waals surface area contributed by atoms with Gasteiger partial charge in [-0.05, 0) is 20.8 Å². The van der Waals surface area contributed by atoms with E-state index in [0.29, 0.717) is 19.0 Å². The summed E-state index contributed by atoms with van der Waals surface area (Å²) in [6.45, 7) is 8.17. The van der Waals surface area contributed by atoms with Crippen molar-refractivity contribution in [3.8, 4) is 5.88 Å². The number of hydrogen-bond acceptors (Lipinski definition) is 7. The fourth-order valence-corrected chi connectivity index (χ4v) is 1.94. The molecule has 2 heterocycles. The second-order valence-electron chi connectivity index (χ2n) is 5.81. The minimum absolute atomic E-state index is 0.230. The maximum absolute atomic E-state index is 11.8. The summed E-state index contributed by atoms with van der Waals surface area (Å²) in [5.41, 5.74) is -0.585. The van der Waals surface area contributed by atoms with E-state index >= 15 is 0 Å². The normalized spacial score (nSPS) is 15.4. The molecular formula is C14H22N4O4. The Morgan fingerprint density at radius 2 is 2.05 bits per heavy atom. The van der Waals surface area contributed by atoms with Gasteiger partial charge in [-0.1, -0.05) is 0 Å². The first-order chi connectivity index (χ1) is 10.4. The molecule has 1 saturated heterocycles. The van der Waals surface area contributed by atoms with Crippen LogP contribution in [0.4, 0.5) is 16.4 Å². The van der Waals surface area contributed by atoms with Crippen LogP contribution in [-0.2, 0) is 9.47 Å². The zero-order valence-corrected chi connectivity index (χ0v) is 13.4. The molecule has 1 fully saturated rings. The summed E-state index contributed by atoms with van der Waals surface area (Å²) in [4.78, 5) is 22.4. The zero-order valence-electron chi connectivity index (χ0n) is 13.4. The fourth-order valence-electron chi connectivity index (χ4n) is 1.94. The molecule has 0 radical (unpaired) electrons. The molecule has 1 aromatic rings. The molecule has 22 heavy (non-hydrogen) atoms. The van der Waals surface area contributed by atoms with Gasteiger partial charge in [-0.25, -0.2) is 9.78 Å². The average molecular weight is 310 g/mol. The minimum Gasteiger partial charge on any atom is -0.478 e. The molecule has 0 atom stereocenters. The van der Waals surface area contributed by atoms with Crippen LogP contribution >= 0.6 is 0 Å². The van der Waals surface area contributed by atoms with Crippen LogP contribution in [0.25, 0.3) is 0 Å². The van der Waals surface area contributed by atoms with Crippen LogP contribution in [0.2, 0.25) is 0 Å². The van der Waals surface area contributed by atoms with E-state index in [9.17, 15) is 4.79 Å². The number of carbonyl (C=O) groups excluding carboxylic acids is 1. The highest BCUT2D eigenvalue weighted by atomic mass is 16.6. The first kappa shape index (κ1) is 16.3. The predicted octanol–water partition coefficient (Wildman–Crippen LogP) is 1.67. The summed E-state index contributed by atoms with van der Waals surface area (Å²) in [5, 5.41) is 2.55. The Labute approximate surface area is 129 Å². The maximum atomic E-state index is 11.8. The van der Waals surface area contributed by atoms with Gasteiger partial charge in [-0.2, -0.15) is 4.98 Å². The number of carbonyl (C=O) groups is 1. The van der Waals surface area contributed by atoms with Gasteiger partial charge in [-0.3, -0.25) is 5.32 Å². The quantitative estimate of drug-likeness (QED) is 0.908. The molecule has 1 N–H and O–H groups in total. The third-order valence-electron chi connectivity index (χ3n) is 2.88. The molecule has 0 bridgehead atoms. The van der Waals surface area contributed by atoms with Gasteiger partial charge in [0.2, 0.25) is 0 Å². The van der Waals surface area contributed by atoms with Gasteiger partial charge in [0.15, 0.2) is 11.6 Å². The Hall–Kier alpha value is -2.09. The third-order valence-corrected chi connectivity index (χ3v) is 2.88. The monoisotopic (exact) mass is 310 g/mol. The number of hydrogen-bond donors (Lipinski definition) is 1. The Morgan fingerprint density at radius 3 is 2.64 bits per heavy atom. The van der Waals surface area contributed by atoms with Crippen molar-refractivity contribution in [2.45, 2.75) is 26.4 Å². The lowest BCUT2D eigenvalue weighted by atomic mass is 10.2. The molecule has 0 spiro atoms. The van der Waals surface area contributed by atoms with E-state index < -0.39 is 11.7 Å². The van der Waals surface area contributed by atoms with Crippen molar-refractivity contribution < 1.29 is 19.0 Å². The highest BCUT2D eigenvalue weighted by Crippen LogP contribution is 2.23. The largest absolute Gasteiger partial charge is 0.478 e. The highest BCUT2D eigenvalue weighted by molar-refractivity contribution is 5.85. The first-order valence-electron chi connectivity index (χ1n) is 7.13. The fraction of sp³-hybridized carbons (Fsp3) is 0.643. The van der Waals surface area contributed by atoms with Gasteiger partial charge >= 0.3 is 6.09 Å². The van der Waals surface area contributed by atoms with Crippen LogP contribution in [0, 0.1) is 0 Å². The van der Waals surface area contributed by atoms with Crippen molar-refractivity contribution in [2.24, 2.45) is 0 Å². The number of rotatable bonds is 3. The van der Waals surface area contributed by atoms with Crippen molar-refractivity contribution in [3.63, 3.8) is 0 Å². The summed E-state index contributed by atoms with van der Waals surface area (Å²) >= 11 is 0. The van der Waals surface area contributed by atoms with Crippen LogP contribution in [0.5, 0.6) is 5.88 Å². The number of nitrogens with zero attached hydrogens (tertiary/aromatic N) is 3. The molecule has 0 aliphatic carbocycles. The number of methoxy groups -OCH3 is 1. The minimum atomic E-state index is -0.598. The number of nitrogens with one attached hydrogen (secondary N) is 1. The topological polar surface area (TPSA) is 85.8 Å². The van der Waals surface area contributed by atoms with Crippen molar-refractivity contribution in [2.75, 3.05) is 43.6 Å². The van der Waals surface area contributed by atoms with E-state index in [4.69, 9.17) is 14.2 Å². The molecule has 8 heteroatoms. The molecule has 0 unspecified atom stereocenters. The molecule has 2 rings (SSSR count). The zero-order chi connectivity index (χ0) is 16.2. The average Bonchev–Trinajstić information content (AvgIpc) is 2.46. The van der Waals surface area contributed by atoms with E-state index in [2.05, 4.69) is 20.2 Å². The molecular weight excluding hydrogens is 288 g/mol. The molecule has 122 valence electrons. The van der Waals surface area contributed by atoms with Gasteiger partial charge in [0.1, 0.15) is 5.60 Å². The summed E-state index contributed by atoms with van der Waals surface area (Å²) in [6.07, 6.45) is 1.000. The third kappa shape index (κ3) is 4.45. The van der Waals surface area contributed by atoms with E-state index in [1.807, 2.05) is 0 Å². The molecule has 0 saturated carbocycles. The number of anilines is 2. The second kappa shape index (κ2) is 6.78. The Kier molecular flexibility index (Phi) is 5.02. The van der Waals surface area contributed by atoms with E-state index in [0.717, 1.165) is 13.1 Å². The van der Waals surface area contributed by atoms with Crippen molar-refractivity contribution in [1.82, 2.24) is 9.97 Å². The lowest BCUT2D eigenvalue weighted by Gasteiger charge is -2.27. The number of morpholine rings is 1. The van der Waals surface area contributed by atoms with Gasteiger partial charge in [-0.15, -0.1) is 0 Å². The Morgan fingerprint density at radius 1 is 1.36 bits per heavy atom. The van der Waals surface area contributed by atoms with E-state index in [-0.39, 0.29) is 11.7 Å². The molecule has 0 aromatic carbocycles. The smallest absolute Gasteiger partial charge is 0.413 e. The highest BCUT2D eigenvalue weighted by Gasteiger charge is 2.20. The SMILES string of the molecule is COc1nc(N2CCOCC2)cnc1NC(=O)OC(C)(C)C. The van der Waals surface area contributed by atoms with E-state index in [1.165, 1.54) is 7.11 Å². The van der Waals surface area contributed by atoms with Crippen LogP contribution in [0.15, 0.2) is 6.20 Å². The van der Waals surface area contributed by atoms with Crippen molar-refractivity contribution >= 4 is 17.7 Å². The van der Waals surface area contributed by atoms with Crippen LogP contribution in [-0.4, -0.2) is 55.1 Å². The molecule has 1 aliphatic heterocycles. The van der Waals surface area contributed by atoms with Gasteiger partial charge in [0.25, 0.3) is 5.88 Å². The maximum Gasteiger partial charge on any atom is 0.413 e. The van der Waals surface area contributed by atoms with Crippen LogP contribution in [0.3, 0.4) is 0 Å². The number of ether oxygens (including phenoxy) is 3. The summed E-state index contributed by atoms with van der Waals surface area (Å²) in [5.74, 6) is 1.17. The summed E-state index contributed by atoms with van der Waals surface area (Å²) < 4.78 is 15.7. The van der Waals surface area contributed by atoms with Crippen molar-refractivity contribution in [1.29, 1.82) is 0 Å². The molecule has 1 aromatic heterocycles. The standard InChI is InChI=1S/C14H22N4O4/c1-14(2,3)22-13(19)17-11-12(20-4)16-10(9-15-11)18-5-7-21-8-6-18/h9H,5-8H2,1-4H3,(H,15,17,19). The second-order valence-corrected chi connectivity index (χ2v) is 5.81. The van der Waals surface area contributed by atoms with Crippen LogP contribution < -0.4 is 15.0 Å². The van der Waals surface area contributed by atoms with E-state index in [1.54, 1.807) is 27.0 Å². The van der Waals surface area contributed by atoms with Gasteiger partial charge in [0.05, 0.1) is 26.5 Å². The van der Waals surface area contributed by atoms with Crippen LogP contribution in [0.1, 0.15) is 20.8 Å². The first-order valence-corrected chi connectivity index (χ1v) is 7.13. The van der Waals surface area contributed by atoms with Gasteiger partial charge < -0.3 is 19.1 Å². The predicted molar refractivity (Wildman–Crippen MR) is 81.5 cm³/mol. The number of amides is 1.